The fourth-order valence-electron chi connectivity index (χ4n) is 2.04. The monoisotopic (exact) mass is 313 g/mol. The molecule has 0 amide bonds. The minimum Gasteiger partial charge on any atom is -0.493 e. The zero-order valence-electron chi connectivity index (χ0n) is 10.7. The Kier molecular flexibility index (Phi) is 5.03. The van der Waals surface area contributed by atoms with Gasteiger partial charge in [-0.15, -0.1) is 0 Å². The third-order valence-corrected chi connectivity index (χ3v) is 3.84. The van der Waals surface area contributed by atoms with Crippen molar-refractivity contribution in [1.29, 1.82) is 0 Å². The van der Waals surface area contributed by atoms with Gasteiger partial charge in [0.15, 0.2) is 0 Å². The van der Waals surface area contributed by atoms with Crippen LogP contribution in [0.3, 0.4) is 0 Å². The van der Waals surface area contributed by atoms with E-state index in [2.05, 4.69) is 21.2 Å². The average Bonchev–Trinajstić information content (AvgIpc) is 2.26. The molecule has 0 aromatic heterocycles. The van der Waals surface area contributed by atoms with Crippen molar-refractivity contribution in [3.8, 4) is 5.75 Å². The maximum atomic E-state index is 9.97. The van der Waals surface area contributed by atoms with E-state index in [-0.39, 0.29) is 0 Å². The second-order valence-corrected chi connectivity index (χ2v) is 5.82. The maximum absolute atomic E-state index is 9.97. The molecule has 4 heteroatoms. The second-order valence-electron chi connectivity index (χ2n) is 4.90. The van der Waals surface area contributed by atoms with Crippen molar-refractivity contribution < 1.29 is 9.84 Å². The lowest BCUT2D eigenvalue weighted by molar-refractivity contribution is 0.172. The van der Waals surface area contributed by atoms with Gasteiger partial charge in [0.25, 0.3) is 0 Å². The SMILES string of the molecule is CNCC(O)c1cc(Br)cc(OCC2CCC2)c1. The molecule has 2 rings (SSSR count). The van der Waals surface area contributed by atoms with Crippen LogP contribution in [0.5, 0.6) is 5.75 Å². The van der Waals surface area contributed by atoms with Gasteiger partial charge in [0.2, 0.25) is 0 Å². The highest BCUT2D eigenvalue weighted by molar-refractivity contribution is 9.10. The standard InChI is InChI=1S/C14H20BrNO2/c1-16-8-14(17)11-5-12(15)7-13(6-11)18-9-10-3-2-4-10/h5-7,10,14,16-17H,2-4,8-9H2,1H3. The molecule has 18 heavy (non-hydrogen) atoms. The molecule has 0 saturated heterocycles. The number of aliphatic hydroxyl groups excluding tert-OH is 1. The van der Waals surface area contributed by atoms with Gasteiger partial charge in [-0.05, 0) is 49.6 Å². The number of hydrogen-bond donors (Lipinski definition) is 2. The Hall–Kier alpha value is -0.580. The van der Waals surface area contributed by atoms with Gasteiger partial charge >= 0.3 is 0 Å². The highest BCUT2D eigenvalue weighted by Crippen LogP contribution is 2.29. The summed E-state index contributed by atoms with van der Waals surface area (Å²) in [7, 11) is 1.83. The van der Waals surface area contributed by atoms with Crippen LogP contribution in [-0.2, 0) is 0 Å². The topological polar surface area (TPSA) is 41.5 Å². The molecular formula is C14H20BrNO2. The number of ether oxygens (including phenoxy) is 1. The number of benzene rings is 1. The van der Waals surface area contributed by atoms with Crippen molar-refractivity contribution >= 4 is 15.9 Å². The highest BCUT2D eigenvalue weighted by atomic mass is 79.9. The van der Waals surface area contributed by atoms with E-state index in [1.165, 1.54) is 19.3 Å². The molecule has 3 nitrogen and oxygen atoms in total. The molecule has 1 aliphatic carbocycles. The fourth-order valence-corrected chi connectivity index (χ4v) is 2.53. The van der Waals surface area contributed by atoms with E-state index in [0.29, 0.717) is 6.54 Å². The number of nitrogens with one attached hydrogen (secondary N) is 1. The van der Waals surface area contributed by atoms with Crippen molar-refractivity contribution in [3.63, 3.8) is 0 Å². The molecule has 1 fully saturated rings. The first-order valence-corrected chi connectivity index (χ1v) is 7.24. The van der Waals surface area contributed by atoms with Crippen LogP contribution in [0.2, 0.25) is 0 Å². The molecule has 0 heterocycles. The Bertz CT molecular complexity index is 393. The number of hydrogen-bond acceptors (Lipinski definition) is 3. The molecule has 1 aromatic carbocycles. The molecule has 1 aromatic rings. The van der Waals surface area contributed by atoms with E-state index in [0.717, 1.165) is 28.3 Å². The summed E-state index contributed by atoms with van der Waals surface area (Å²) in [6.45, 7) is 1.33. The van der Waals surface area contributed by atoms with Crippen LogP contribution in [0.15, 0.2) is 22.7 Å². The van der Waals surface area contributed by atoms with Gasteiger partial charge in [0.1, 0.15) is 5.75 Å². The zero-order chi connectivity index (χ0) is 13.0. The van der Waals surface area contributed by atoms with E-state index in [9.17, 15) is 5.11 Å². The number of halogens is 1. The maximum Gasteiger partial charge on any atom is 0.120 e. The summed E-state index contributed by atoms with van der Waals surface area (Å²) in [5, 5.41) is 12.9. The van der Waals surface area contributed by atoms with E-state index < -0.39 is 6.10 Å². The fraction of sp³-hybridized carbons (Fsp3) is 0.571. The molecule has 0 spiro atoms. The molecule has 0 radical (unpaired) electrons. The van der Waals surface area contributed by atoms with Crippen LogP contribution in [-0.4, -0.2) is 25.3 Å². The van der Waals surface area contributed by atoms with E-state index >= 15 is 0 Å². The first-order chi connectivity index (χ1) is 8.69. The number of likely N-dealkylation sites (N-methyl/N-ethyl adjacent to an activating group) is 1. The molecule has 0 aliphatic heterocycles. The van der Waals surface area contributed by atoms with Crippen LogP contribution in [0.1, 0.15) is 30.9 Å². The Morgan fingerprint density at radius 3 is 2.83 bits per heavy atom. The van der Waals surface area contributed by atoms with Gasteiger partial charge in [0, 0.05) is 11.0 Å². The lowest BCUT2D eigenvalue weighted by atomic mass is 9.86. The summed E-state index contributed by atoms with van der Waals surface area (Å²) in [4.78, 5) is 0. The molecule has 2 N–H and O–H groups in total. The third-order valence-electron chi connectivity index (χ3n) is 3.39. The van der Waals surface area contributed by atoms with Crippen LogP contribution < -0.4 is 10.1 Å². The molecule has 1 atom stereocenters. The van der Waals surface area contributed by atoms with Crippen molar-refractivity contribution in [2.75, 3.05) is 20.2 Å². The van der Waals surface area contributed by atoms with E-state index in [1.807, 2.05) is 25.2 Å². The highest BCUT2D eigenvalue weighted by Gasteiger charge is 2.18. The predicted octanol–water partition coefficient (Wildman–Crippen LogP) is 2.88. The lowest BCUT2D eigenvalue weighted by Crippen LogP contribution is -2.19. The van der Waals surface area contributed by atoms with Gasteiger partial charge in [-0.25, -0.2) is 0 Å². The van der Waals surface area contributed by atoms with Crippen LogP contribution in [0.4, 0.5) is 0 Å². The summed E-state index contributed by atoms with van der Waals surface area (Å²) in [6, 6.07) is 5.80. The van der Waals surface area contributed by atoms with Crippen molar-refractivity contribution in [2.45, 2.75) is 25.4 Å². The zero-order valence-corrected chi connectivity index (χ0v) is 12.2. The molecule has 1 saturated carbocycles. The minimum atomic E-state index is -0.501. The summed E-state index contributed by atoms with van der Waals surface area (Å²) >= 11 is 3.46. The first-order valence-electron chi connectivity index (χ1n) is 6.45. The van der Waals surface area contributed by atoms with Crippen LogP contribution >= 0.6 is 15.9 Å². The van der Waals surface area contributed by atoms with Gasteiger partial charge in [0.05, 0.1) is 12.7 Å². The molecule has 0 bridgehead atoms. The Labute approximate surface area is 117 Å². The van der Waals surface area contributed by atoms with Crippen LogP contribution in [0.25, 0.3) is 0 Å². The molecule has 1 unspecified atom stereocenters. The van der Waals surface area contributed by atoms with Crippen molar-refractivity contribution in [3.05, 3.63) is 28.2 Å². The average molecular weight is 314 g/mol. The van der Waals surface area contributed by atoms with Gasteiger partial charge in [-0.1, -0.05) is 22.4 Å². The van der Waals surface area contributed by atoms with Gasteiger partial charge in [-0.2, -0.15) is 0 Å². The van der Waals surface area contributed by atoms with Gasteiger partial charge < -0.3 is 15.2 Å². The number of rotatable bonds is 6. The lowest BCUT2D eigenvalue weighted by Gasteiger charge is -2.25. The van der Waals surface area contributed by atoms with E-state index in [4.69, 9.17) is 4.74 Å². The van der Waals surface area contributed by atoms with Crippen molar-refractivity contribution in [1.82, 2.24) is 5.32 Å². The van der Waals surface area contributed by atoms with Crippen LogP contribution in [0, 0.1) is 5.92 Å². The Morgan fingerprint density at radius 1 is 1.44 bits per heavy atom. The summed E-state index contributed by atoms with van der Waals surface area (Å²) < 4.78 is 6.74. The van der Waals surface area contributed by atoms with E-state index in [1.54, 1.807) is 0 Å². The molecular weight excluding hydrogens is 294 g/mol. The normalized spacial score (nSPS) is 17.3. The first kappa shape index (κ1) is 13.8. The van der Waals surface area contributed by atoms with Gasteiger partial charge in [-0.3, -0.25) is 0 Å². The third kappa shape index (κ3) is 3.70. The Morgan fingerprint density at radius 2 is 2.22 bits per heavy atom. The predicted molar refractivity (Wildman–Crippen MR) is 75.9 cm³/mol. The second kappa shape index (κ2) is 6.55. The summed E-state index contributed by atoms with van der Waals surface area (Å²) in [5.74, 6) is 1.55. The smallest absolute Gasteiger partial charge is 0.120 e. The molecule has 1 aliphatic rings. The quantitative estimate of drug-likeness (QED) is 0.848. The largest absolute Gasteiger partial charge is 0.493 e. The number of aliphatic hydroxyl groups is 1. The van der Waals surface area contributed by atoms with Crippen molar-refractivity contribution in [2.24, 2.45) is 5.92 Å². The summed E-state index contributed by atoms with van der Waals surface area (Å²) in [5.41, 5.74) is 0.877. The Balaban J connectivity index is 2.00. The minimum absolute atomic E-state index is 0.501. The molecule has 100 valence electrons. The summed E-state index contributed by atoms with van der Waals surface area (Å²) in [6.07, 6.45) is 3.39.